The van der Waals surface area contributed by atoms with Gasteiger partial charge in [-0.3, -0.25) is 4.79 Å². The van der Waals surface area contributed by atoms with Gasteiger partial charge in [0.25, 0.3) is 5.56 Å². The first-order valence-corrected chi connectivity index (χ1v) is 6.19. The molecular weight excluding hydrogens is 262 g/mol. The fourth-order valence-corrected chi connectivity index (χ4v) is 2.15. The lowest BCUT2D eigenvalue weighted by molar-refractivity contribution is 0.601. The lowest BCUT2D eigenvalue weighted by Gasteiger charge is -2.05. The number of fused-ring (bicyclic) bond motifs is 1. The van der Waals surface area contributed by atoms with Gasteiger partial charge in [0.05, 0.1) is 11.9 Å². The quantitative estimate of drug-likeness (QED) is 0.719. The largest absolute Gasteiger partial charge is 0.277 e. The van der Waals surface area contributed by atoms with E-state index in [0.29, 0.717) is 22.5 Å². The van der Waals surface area contributed by atoms with Gasteiger partial charge in [-0.05, 0) is 29.8 Å². The summed E-state index contributed by atoms with van der Waals surface area (Å²) in [5.74, 6) is 0. The van der Waals surface area contributed by atoms with Gasteiger partial charge < -0.3 is 0 Å². The fourth-order valence-electron chi connectivity index (χ4n) is 1.94. The normalized spacial score (nSPS) is 10.8. The molecule has 4 nitrogen and oxygen atoms in total. The highest BCUT2D eigenvalue weighted by Crippen LogP contribution is 2.11. The average Bonchev–Trinajstić information content (AvgIpc) is 2.42. The minimum atomic E-state index is -0.148. The summed E-state index contributed by atoms with van der Waals surface area (Å²) in [6.45, 7) is 0.358. The summed E-state index contributed by atoms with van der Waals surface area (Å²) in [5.41, 5.74) is 1.37. The zero-order chi connectivity index (χ0) is 13.2. The van der Waals surface area contributed by atoms with Gasteiger partial charge >= 0.3 is 0 Å². The van der Waals surface area contributed by atoms with E-state index in [1.165, 1.54) is 4.68 Å². The number of hydrogen-bond donors (Lipinski definition) is 0. The van der Waals surface area contributed by atoms with Crippen LogP contribution in [0.2, 0.25) is 5.02 Å². The highest BCUT2D eigenvalue weighted by Gasteiger charge is 2.05. The van der Waals surface area contributed by atoms with Crippen LogP contribution in [-0.4, -0.2) is 15.0 Å². The second-order valence-corrected chi connectivity index (χ2v) is 4.64. The Morgan fingerprint density at radius 3 is 2.79 bits per heavy atom. The van der Waals surface area contributed by atoms with Crippen molar-refractivity contribution in [3.63, 3.8) is 0 Å². The number of benzene rings is 2. The third-order valence-electron chi connectivity index (χ3n) is 2.85. The van der Waals surface area contributed by atoms with E-state index in [0.717, 1.165) is 5.56 Å². The number of rotatable bonds is 2. The molecule has 2 aromatic carbocycles. The molecule has 0 aliphatic rings. The molecule has 0 aliphatic heterocycles. The van der Waals surface area contributed by atoms with Crippen molar-refractivity contribution < 1.29 is 0 Å². The van der Waals surface area contributed by atoms with E-state index in [4.69, 9.17) is 11.6 Å². The summed E-state index contributed by atoms with van der Waals surface area (Å²) >= 11 is 5.92. The van der Waals surface area contributed by atoms with E-state index in [-0.39, 0.29) is 5.56 Å². The van der Waals surface area contributed by atoms with Crippen molar-refractivity contribution in [3.8, 4) is 0 Å². The van der Waals surface area contributed by atoms with E-state index < -0.39 is 0 Å². The zero-order valence-corrected chi connectivity index (χ0v) is 10.7. The van der Waals surface area contributed by atoms with Crippen LogP contribution in [0.25, 0.3) is 10.9 Å². The molecule has 0 radical (unpaired) electrons. The van der Waals surface area contributed by atoms with Crippen molar-refractivity contribution >= 4 is 22.5 Å². The van der Waals surface area contributed by atoms with E-state index in [1.807, 2.05) is 30.3 Å². The van der Waals surface area contributed by atoms with Gasteiger partial charge in [0.1, 0.15) is 5.52 Å². The van der Waals surface area contributed by atoms with Crippen LogP contribution in [0, 0.1) is 0 Å². The number of nitrogens with zero attached hydrogens (tertiary/aromatic N) is 3. The van der Waals surface area contributed by atoms with Crippen molar-refractivity contribution in [2.45, 2.75) is 6.54 Å². The molecule has 0 spiro atoms. The Hall–Kier alpha value is -2.20. The van der Waals surface area contributed by atoms with Gasteiger partial charge in [0.2, 0.25) is 0 Å². The van der Waals surface area contributed by atoms with Crippen LogP contribution in [-0.2, 0) is 6.54 Å². The first kappa shape index (κ1) is 11.9. The molecule has 19 heavy (non-hydrogen) atoms. The van der Waals surface area contributed by atoms with Crippen molar-refractivity contribution in [2.75, 3.05) is 0 Å². The van der Waals surface area contributed by atoms with Crippen molar-refractivity contribution in [3.05, 3.63) is 69.5 Å². The standard InChI is InChI=1S/C14H10ClN3O/c15-11-5-3-4-10(8-11)9-18-14(19)12-6-1-2-7-13(12)16-17-18/h1-8H,9H2. The van der Waals surface area contributed by atoms with Crippen LogP contribution >= 0.6 is 11.6 Å². The molecule has 94 valence electrons. The molecule has 0 unspecified atom stereocenters. The summed E-state index contributed by atoms with van der Waals surface area (Å²) < 4.78 is 1.34. The van der Waals surface area contributed by atoms with Crippen molar-refractivity contribution in [1.82, 2.24) is 15.0 Å². The molecule has 0 saturated carbocycles. The Bertz CT molecular complexity index is 798. The van der Waals surface area contributed by atoms with Gasteiger partial charge in [0.15, 0.2) is 0 Å². The predicted octanol–water partition coefficient (Wildman–Crippen LogP) is 2.49. The summed E-state index contributed by atoms with van der Waals surface area (Å²) in [4.78, 5) is 12.2. The van der Waals surface area contributed by atoms with E-state index in [9.17, 15) is 4.79 Å². The Kier molecular flexibility index (Phi) is 3.01. The maximum atomic E-state index is 12.2. The Labute approximate surface area is 114 Å². The molecule has 0 atom stereocenters. The zero-order valence-electron chi connectivity index (χ0n) is 9.95. The van der Waals surface area contributed by atoms with Crippen LogP contribution < -0.4 is 5.56 Å². The van der Waals surface area contributed by atoms with Crippen molar-refractivity contribution in [2.24, 2.45) is 0 Å². The third kappa shape index (κ3) is 2.35. The molecule has 1 aromatic heterocycles. The van der Waals surface area contributed by atoms with Gasteiger partial charge in [0, 0.05) is 5.02 Å². The average molecular weight is 272 g/mol. The highest BCUT2D eigenvalue weighted by atomic mass is 35.5. The van der Waals surface area contributed by atoms with E-state index in [1.54, 1.807) is 18.2 Å². The molecule has 0 bridgehead atoms. The third-order valence-corrected chi connectivity index (χ3v) is 3.09. The van der Waals surface area contributed by atoms with Crippen LogP contribution in [0.1, 0.15) is 5.56 Å². The van der Waals surface area contributed by atoms with Crippen LogP contribution in [0.3, 0.4) is 0 Å². The summed E-state index contributed by atoms with van der Waals surface area (Å²) in [5, 5.41) is 9.19. The van der Waals surface area contributed by atoms with E-state index in [2.05, 4.69) is 10.3 Å². The Balaban J connectivity index is 2.06. The molecule has 0 aliphatic carbocycles. The molecule has 0 saturated heterocycles. The first-order valence-electron chi connectivity index (χ1n) is 5.81. The molecule has 1 heterocycles. The fraction of sp³-hybridized carbons (Fsp3) is 0.0714. The highest BCUT2D eigenvalue weighted by molar-refractivity contribution is 6.30. The lowest BCUT2D eigenvalue weighted by atomic mass is 10.2. The van der Waals surface area contributed by atoms with Crippen LogP contribution in [0.5, 0.6) is 0 Å². The number of halogens is 1. The minimum absolute atomic E-state index is 0.148. The number of aromatic nitrogens is 3. The SMILES string of the molecule is O=c1c2ccccc2nnn1Cc1cccc(Cl)c1. The minimum Gasteiger partial charge on any atom is -0.267 e. The smallest absolute Gasteiger partial charge is 0.267 e. The van der Waals surface area contributed by atoms with Crippen LogP contribution in [0.4, 0.5) is 0 Å². The molecule has 5 heteroatoms. The molecule has 0 amide bonds. The second-order valence-electron chi connectivity index (χ2n) is 4.20. The molecule has 0 fully saturated rings. The topological polar surface area (TPSA) is 47.8 Å². The monoisotopic (exact) mass is 271 g/mol. The molecular formula is C14H10ClN3O. The van der Waals surface area contributed by atoms with E-state index >= 15 is 0 Å². The summed E-state index contributed by atoms with van der Waals surface area (Å²) in [6, 6.07) is 14.5. The Morgan fingerprint density at radius 1 is 1.11 bits per heavy atom. The summed E-state index contributed by atoms with van der Waals surface area (Å²) in [7, 11) is 0. The van der Waals surface area contributed by atoms with Gasteiger partial charge in [-0.2, -0.15) is 0 Å². The molecule has 3 rings (SSSR count). The second kappa shape index (κ2) is 4.82. The first-order chi connectivity index (χ1) is 9.24. The maximum absolute atomic E-state index is 12.2. The number of hydrogen-bond acceptors (Lipinski definition) is 3. The van der Waals surface area contributed by atoms with Crippen molar-refractivity contribution in [1.29, 1.82) is 0 Å². The molecule has 3 aromatic rings. The van der Waals surface area contributed by atoms with Gasteiger partial charge in [-0.25, -0.2) is 4.68 Å². The Morgan fingerprint density at radius 2 is 1.95 bits per heavy atom. The van der Waals surface area contributed by atoms with Gasteiger partial charge in [-0.1, -0.05) is 41.1 Å². The van der Waals surface area contributed by atoms with Gasteiger partial charge in [-0.15, -0.1) is 5.10 Å². The van der Waals surface area contributed by atoms with Crippen LogP contribution in [0.15, 0.2) is 53.3 Å². The maximum Gasteiger partial charge on any atom is 0.277 e. The molecule has 0 N–H and O–H groups in total. The summed E-state index contributed by atoms with van der Waals surface area (Å²) in [6.07, 6.45) is 0. The predicted molar refractivity (Wildman–Crippen MR) is 74.4 cm³/mol. The lowest BCUT2D eigenvalue weighted by Crippen LogP contribution is -2.24.